The Morgan fingerprint density at radius 3 is 2.53 bits per heavy atom. The Hall–Kier alpha value is -4.15. The monoisotopic (exact) mass is 676 g/mol. The summed E-state index contributed by atoms with van der Waals surface area (Å²) in [6, 6.07) is 23.4. The fourth-order valence-corrected chi connectivity index (χ4v) is 7.14. The van der Waals surface area contributed by atoms with Gasteiger partial charge in [0.25, 0.3) is 5.56 Å². The number of thiophene rings is 1. The topological polar surface area (TPSA) is 79.1 Å². The number of fused-ring (bicyclic) bond motifs is 1. The number of rotatable bonds is 9. The fraction of sp³-hybridized carbons (Fsp3) is 0.147. The molecule has 1 atom stereocenters. The largest absolute Gasteiger partial charge is 0.493 e. The first-order valence-corrected chi connectivity index (χ1v) is 16.4. The van der Waals surface area contributed by atoms with Gasteiger partial charge in [-0.3, -0.25) is 9.36 Å². The number of carbonyl (C=O) groups excluding carboxylic acids is 1. The van der Waals surface area contributed by atoms with E-state index in [1.165, 1.54) is 22.7 Å². The summed E-state index contributed by atoms with van der Waals surface area (Å²) < 4.78 is 19.2. The van der Waals surface area contributed by atoms with E-state index in [1.807, 2.05) is 60.0 Å². The molecule has 0 amide bonds. The first-order chi connectivity index (χ1) is 21.9. The number of carbonyl (C=O) groups is 1. The molecule has 2 aromatic heterocycles. The summed E-state index contributed by atoms with van der Waals surface area (Å²) in [6.07, 6.45) is 1.79. The van der Waals surface area contributed by atoms with Gasteiger partial charge in [0.15, 0.2) is 16.3 Å². The van der Waals surface area contributed by atoms with Crippen LogP contribution < -0.4 is 24.4 Å². The average molecular weight is 678 g/mol. The third-order valence-corrected chi connectivity index (χ3v) is 9.70. The molecule has 7 nitrogen and oxygen atoms in total. The maximum Gasteiger partial charge on any atom is 0.338 e. The normalized spacial score (nSPS) is 14.6. The Bertz CT molecular complexity index is 2090. The van der Waals surface area contributed by atoms with E-state index in [9.17, 15) is 9.59 Å². The first kappa shape index (κ1) is 30.9. The van der Waals surface area contributed by atoms with Gasteiger partial charge in [-0.2, -0.15) is 0 Å². The molecule has 0 unspecified atom stereocenters. The minimum absolute atomic E-state index is 0.195. The highest BCUT2D eigenvalue weighted by Gasteiger charge is 2.35. The lowest BCUT2D eigenvalue weighted by molar-refractivity contribution is -0.138. The lowest BCUT2D eigenvalue weighted by atomic mass is 9.97. The van der Waals surface area contributed by atoms with Crippen LogP contribution in [0.5, 0.6) is 11.5 Å². The van der Waals surface area contributed by atoms with Gasteiger partial charge < -0.3 is 14.2 Å². The predicted octanol–water partition coefficient (Wildman–Crippen LogP) is 6.89. The summed E-state index contributed by atoms with van der Waals surface area (Å²) >= 11 is 14.9. The summed E-state index contributed by atoms with van der Waals surface area (Å²) in [5.74, 6) is 0.532. The Morgan fingerprint density at radius 1 is 1.00 bits per heavy atom. The minimum atomic E-state index is -0.690. The van der Waals surface area contributed by atoms with Gasteiger partial charge in [0.2, 0.25) is 0 Å². The maximum absolute atomic E-state index is 14.1. The minimum Gasteiger partial charge on any atom is -0.493 e. The molecular formula is C34H26Cl2N2O5S2. The van der Waals surface area contributed by atoms with Crippen LogP contribution in [0, 0.1) is 0 Å². The maximum atomic E-state index is 14.1. The van der Waals surface area contributed by atoms with Crippen molar-refractivity contribution in [2.75, 3.05) is 13.7 Å². The molecule has 1 aliphatic rings. The number of nitrogens with zero attached hydrogens (tertiary/aromatic N) is 2. The van der Waals surface area contributed by atoms with Gasteiger partial charge in [-0.25, -0.2) is 9.79 Å². The predicted molar refractivity (Wildman–Crippen MR) is 179 cm³/mol. The van der Waals surface area contributed by atoms with Crippen LogP contribution in [-0.4, -0.2) is 24.3 Å². The van der Waals surface area contributed by atoms with Crippen LogP contribution in [0.3, 0.4) is 0 Å². The molecule has 6 rings (SSSR count). The van der Waals surface area contributed by atoms with Crippen LogP contribution in [0.25, 0.3) is 11.8 Å². The van der Waals surface area contributed by atoms with Crippen molar-refractivity contribution < 1.29 is 19.0 Å². The summed E-state index contributed by atoms with van der Waals surface area (Å²) in [5.41, 5.74) is 2.92. The fourth-order valence-electron chi connectivity index (χ4n) is 4.99. The molecule has 0 N–H and O–H groups in total. The number of aromatic nitrogens is 1. The van der Waals surface area contributed by atoms with Gasteiger partial charge >= 0.3 is 5.97 Å². The SMILES string of the molecule is CCOC(=O)C1=C(c2ccccc2)N=c2s/c(=C\c3ccc(OCc4ccc(Cl)c(Cl)c4)c(OC)c3)c(=O)n2[C@@H]1c1cccs1. The van der Waals surface area contributed by atoms with E-state index in [0.717, 1.165) is 21.6 Å². The molecule has 1 aliphatic heterocycles. The van der Waals surface area contributed by atoms with Crippen LogP contribution in [0.2, 0.25) is 10.0 Å². The molecule has 3 aromatic carbocycles. The van der Waals surface area contributed by atoms with E-state index < -0.39 is 12.0 Å². The first-order valence-electron chi connectivity index (χ1n) is 13.9. The molecule has 0 fully saturated rings. The van der Waals surface area contributed by atoms with Gasteiger partial charge in [0.05, 0.1) is 39.6 Å². The lowest BCUT2D eigenvalue weighted by Crippen LogP contribution is -2.39. The number of thiazole rings is 1. The molecule has 0 bridgehead atoms. The van der Waals surface area contributed by atoms with Crippen molar-refractivity contribution in [3.05, 3.63) is 141 Å². The van der Waals surface area contributed by atoms with Crippen molar-refractivity contribution in [2.45, 2.75) is 19.6 Å². The van der Waals surface area contributed by atoms with Crippen molar-refractivity contribution >= 4 is 63.6 Å². The summed E-state index contributed by atoms with van der Waals surface area (Å²) in [4.78, 5) is 33.8. The van der Waals surface area contributed by atoms with Gasteiger partial charge in [-0.15, -0.1) is 11.3 Å². The molecule has 0 spiro atoms. The standard InChI is InChI=1S/C34H26Cl2N2O5S2/c1-3-42-33(40)29-30(22-8-5-4-6-9-22)37-34-38(31(29)27-10-7-15-44-27)32(39)28(45-34)18-20-12-14-25(26(17-20)41-2)43-19-21-11-13-23(35)24(36)16-21/h4-18,31H,3,19H2,1-2H3/b28-18-/t31-/m1/s1. The third-order valence-electron chi connectivity index (χ3n) is 7.05. The smallest absolute Gasteiger partial charge is 0.338 e. The van der Waals surface area contributed by atoms with E-state index in [0.29, 0.717) is 42.1 Å². The number of halogens is 2. The van der Waals surface area contributed by atoms with Gasteiger partial charge in [0, 0.05) is 10.4 Å². The Morgan fingerprint density at radius 2 is 1.82 bits per heavy atom. The summed E-state index contributed by atoms with van der Waals surface area (Å²) in [7, 11) is 1.56. The zero-order valence-electron chi connectivity index (χ0n) is 24.2. The average Bonchev–Trinajstić information content (AvgIpc) is 3.70. The molecule has 0 radical (unpaired) electrons. The highest BCUT2D eigenvalue weighted by Crippen LogP contribution is 2.37. The number of hydrogen-bond donors (Lipinski definition) is 0. The zero-order chi connectivity index (χ0) is 31.5. The molecule has 0 saturated heterocycles. The summed E-state index contributed by atoms with van der Waals surface area (Å²) in [6.45, 7) is 2.22. The molecule has 228 valence electrons. The van der Waals surface area contributed by atoms with Gasteiger partial charge in [-0.05, 0) is 59.8 Å². The van der Waals surface area contributed by atoms with Crippen LogP contribution in [-0.2, 0) is 16.1 Å². The Labute approximate surface area is 276 Å². The number of methoxy groups -OCH3 is 1. The quantitative estimate of drug-likeness (QED) is 0.159. The van der Waals surface area contributed by atoms with Crippen molar-refractivity contribution in [3.63, 3.8) is 0 Å². The number of hydrogen-bond acceptors (Lipinski definition) is 8. The van der Waals surface area contributed by atoms with Crippen LogP contribution in [0.15, 0.2) is 99.6 Å². The van der Waals surface area contributed by atoms with Crippen molar-refractivity contribution in [1.82, 2.24) is 4.57 Å². The Kier molecular flexibility index (Phi) is 9.23. The molecule has 0 saturated carbocycles. The second kappa shape index (κ2) is 13.5. The zero-order valence-corrected chi connectivity index (χ0v) is 27.3. The molecule has 5 aromatic rings. The second-order valence-electron chi connectivity index (χ2n) is 9.89. The van der Waals surface area contributed by atoms with E-state index in [4.69, 9.17) is 42.4 Å². The van der Waals surface area contributed by atoms with Crippen LogP contribution in [0.1, 0.15) is 34.5 Å². The van der Waals surface area contributed by atoms with Crippen molar-refractivity contribution in [1.29, 1.82) is 0 Å². The number of esters is 1. The van der Waals surface area contributed by atoms with Crippen LogP contribution in [0.4, 0.5) is 0 Å². The molecular weight excluding hydrogens is 651 g/mol. The molecule has 45 heavy (non-hydrogen) atoms. The van der Waals surface area contributed by atoms with E-state index in [2.05, 4.69) is 0 Å². The molecule has 11 heteroatoms. The van der Waals surface area contributed by atoms with Gasteiger partial charge in [0.1, 0.15) is 12.6 Å². The van der Waals surface area contributed by atoms with Crippen LogP contribution >= 0.6 is 45.9 Å². The lowest BCUT2D eigenvalue weighted by Gasteiger charge is -2.24. The van der Waals surface area contributed by atoms with Gasteiger partial charge in [-0.1, -0.05) is 83.1 Å². The highest BCUT2D eigenvalue weighted by atomic mass is 35.5. The highest BCUT2D eigenvalue weighted by molar-refractivity contribution is 7.10. The van der Waals surface area contributed by atoms with E-state index >= 15 is 0 Å². The van der Waals surface area contributed by atoms with E-state index in [-0.39, 0.29) is 18.8 Å². The van der Waals surface area contributed by atoms with Crippen molar-refractivity contribution in [3.8, 4) is 11.5 Å². The number of benzene rings is 3. The molecule has 0 aliphatic carbocycles. The van der Waals surface area contributed by atoms with E-state index in [1.54, 1.807) is 48.9 Å². The third kappa shape index (κ3) is 6.35. The molecule has 3 heterocycles. The second-order valence-corrected chi connectivity index (χ2v) is 12.7. The summed E-state index contributed by atoms with van der Waals surface area (Å²) in [5, 5.41) is 2.85. The number of ether oxygens (including phenoxy) is 3. The van der Waals surface area contributed by atoms with Crippen molar-refractivity contribution in [2.24, 2.45) is 4.99 Å². The Balaban J connectivity index is 1.43.